The molecule has 18 heavy (non-hydrogen) atoms. The highest BCUT2D eigenvalue weighted by Crippen LogP contribution is 2.08. The van der Waals surface area contributed by atoms with E-state index in [1.807, 2.05) is 20.8 Å². The Kier molecular flexibility index (Phi) is 5.22. The first-order valence-corrected chi connectivity index (χ1v) is 6.15. The Balaban J connectivity index is 2.65. The SMILES string of the molecule is Cc1cc(C(=O)NCC(CO)C(C)C)nc(C)n1. The van der Waals surface area contributed by atoms with Gasteiger partial charge in [0.2, 0.25) is 0 Å². The van der Waals surface area contributed by atoms with Crippen molar-refractivity contribution in [1.82, 2.24) is 15.3 Å². The van der Waals surface area contributed by atoms with Gasteiger partial charge in [-0.3, -0.25) is 4.79 Å². The molecular weight excluding hydrogens is 230 g/mol. The van der Waals surface area contributed by atoms with E-state index in [2.05, 4.69) is 15.3 Å². The van der Waals surface area contributed by atoms with Crippen molar-refractivity contribution in [3.8, 4) is 0 Å². The van der Waals surface area contributed by atoms with Gasteiger partial charge in [-0.25, -0.2) is 9.97 Å². The quantitative estimate of drug-likeness (QED) is 0.821. The number of amides is 1. The fourth-order valence-corrected chi connectivity index (χ4v) is 1.66. The average Bonchev–Trinajstić information content (AvgIpc) is 2.27. The lowest BCUT2D eigenvalue weighted by molar-refractivity contribution is 0.0925. The van der Waals surface area contributed by atoms with Crippen molar-refractivity contribution in [1.29, 1.82) is 0 Å². The summed E-state index contributed by atoms with van der Waals surface area (Å²) < 4.78 is 0. The molecule has 0 saturated carbocycles. The number of nitrogens with zero attached hydrogens (tertiary/aromatic N) is 2. The number of aliphatic hydroxyl groups excluding tert-OH is 1. The van der Waals surface area contributed by atoms with Crippen LogP contribution in [-0.4, -0.2) is 34.1 Å². The standard InChI is InChI=1S/C13H21N3O2/c1-8(2)11(7-17)6-14-13(18)12-5-9(3)15-10(4)16-12/h5,8,11,17H,6-7H2,1-4H3,(H,14,18). The zero-order valence-electron chi connectivity index (χ0n) is 11.4. The normalized spacial score (nSPS) is 12.6. The third-order valence-electron chi connectivity index (χ3n) is 2.90. The molecule has 0 bridgehead atoms. The Hall–Kier alpha value is -1.49. The van der Waals surface area contributed by atoms with Gasteiger partial charge >= 0.3 is 0 Å². The molecule has 1 atom stereocenters. The zero-order chi connectivity index (χ0) is 13.7. The van der Waals surface area contributed by atoms with Crippen LogP contribution in [0.15, 0.2) is 6.07 Å². The molecule has 100 valence electrons. The average molecular weight is 251 g/mol. The number of aromatic nitrogens is 2. The molecule has 1 aromatic heterocycles. The monoisotopic (exact) mass is 251 g/mol. The van der Waals surface area contributed by atoms with E-state index < -0.39 is 0 Å². The predicted molar refractivity (Wildman–Crippen MR) is 69.3 cm³/mol. The van der Waals surface area contributed by atoms with Gasteiger partial charge in [-0.2, -0.15) is 0 Å². The molecule has 1 aromatic rings. The first-order valence-electron chi connectivity index (χ1n) is 6.15. The first-order chi connectivity index (χ1) is 8.43. The third-order valence-corrected chi connectivity index (χ3v) is 2.90. The summed E-state index contributed by atoms with van der Waals surface area (Å²) >= 11 is 0. The van der Waals surface area contributed by atoms with Crippen LogP contribution in [0.5, 0.6) is 0 Å². The van der Waals surface area contributed by atoms with Crippen LogP contribution in [0, 0.1) is 25.7 Å². The summed E-state index contributed by atoms with van der Waals surface area (Å²) in [6.45, 7) is 8.15. The maximum absolute atomic E-state index is 11.9. The van der Waals surface area contributed by atoms with E-state index in [1.165, 1.54) is 0 Å². The molecular formula is C13H21N3O2. The molecule has 1 unspecified atom stereocenters. The second-order valence-electron chi connectivity index (χ2n) is 4.84. The molecule has 5 nitrogen and oxygen atoms in total. The summed E-state index contributed by atoms with van der Waals surface area (Å²) in [4.78, 5) is 20.1. The van der Waals surface area contributed by atoms with E-state index in [9.17, 15) is 9.90 Å². The van der Waals surface area contributed by atoms with Gasteiger partial charge in [-0.05, 0) is 25.8 Å². The van der Waals surface area contributed by atoms with E-state index in [4.69, 9.17) is 0 Å². The lowest BCUT2D eigenvalue weighted by atomic mass is 9.97. The minimum atomic E-state index is -0.220. The van der Waals surface area contributed by atoms with Crippen LogP contribution in [0.25, 0.3) is 0 Å². The topological polar surface area (TPSA) is 75.1 Å². The number of nitrogens with one attached hydrogen (secondary N) is 1. The number of rotatable bonds is 5. The minimum absolute atomic E-state index is 0.0676. The Bertz CT molecular complexity index is 398. The van der Waals surface area contributed by atoms with Gasteiger partial charge in [0.1, 0.15) is 11.5 Å². The van der Waals surface area contributed by atoms with Crippen molar-refractivity contribution in [2.75, 3.05) is 13.2 Å². The number of carbonyl (C=O) groups excluding carboxylic acids is 1. The van der Waals surface area contributed by atoms with Crippen LogP contribution in [0.2, 0.25) is 0 Å². The smallest absolute Gasteiger partial charge is 0.270 e. The lowest BCUT2D eigenvalue weighted by Gasteiger charge is -2.18. The van der Waals surface area contributed by atoms with E-state index in [1.54, 1.807) is 13.0 Å². The van der Waals surface area contributed by atoms with Crippen molar-refractivity contribution < 1.29 is 9.90 Å². The molecule has 0 aliphatic carbocycles. The lowest BCUT2D eigenvalue weighted by Crippen LogP contribution is -2.33. The molecule has 0 radical (unpaired) electrons. The van der Waals surface area contributed by atoms with Gasteiger partial charge in [-0.15, -0.1) is 0 Å². The molecule has 0 aromatic carbocycles. The Morgan fingerprint density at radius 2 is 2.06 bits per heavy atom. The van der Waals surface area contributed by atoms with Gasteiger partial charge < -0.3 is 10.4 Å². The van der Waals surface area contributed by atoms with Gasteiger partial charge in [0.15, 0.2) is 0 Å². The van der Waals surface area contributed by atoms with E-state index in [0.29, 0.717) is 24.0 Å². The highest BCUT2D eigenvalue weighted by atomic mass is 16.3. The van der Waals surface area contributed by atoms with Crippen molar-refractivity contribution in [2.45, 2.75) is 27.7 Å². The van der Waals surface area contributed by atoms with Gasteiger partial charge in [0, 0.05) is 24.8 Å². The molecule has 1 rings (SSSR count). The molecule has 0 saturated heterocycles. The Morgan fingerprint density at radius 1 is 1.39 bits per heavy atom. The van der Waals surface area contributed by atoms with Gasteiger partial charge in [0.25, 0.3) is 5.91 Å². The van der Waals surface area contributed by atoms with E-state index in [0.717, 1.165) is 5.69 Å². The summed E-state index contributed by atoms with van der Waals surface area (Å²) in [6, 6.07) is 1.66. The first kappa shape index (κ1) is 14.6. The number of hydrogen-bond acceptors (Lipinski definition) is 4. The highest BCUT2D eigenvalue weighted by molar-refractivity contribution is 5.92. The Morgan fingerprint density at radius 3 is 2.56 bits per heavy atom. The number of hydrogen-bond donors (Lipinski definition) is 2. The van der Waals surface area contributed by atoms with Crippen molar-refractivity contribution >= 4 is 5.91 Å². The maximum atomic E-state index is 11.9. The van der Waals surface area contributed by atoms with E-state index >= 15 is 0 Å². The minimum Gasteiger partial charge on any atom is -0.396 e. The summed E-state index contributed by atoms with van der Waals surface area (Å²) in [7, 11) is 0. The molecule has 0 fully saturated rings. The molecule has 5 heteroatoms. The molecule has 0 aliphatic rings. The van der Waals surface area contributed by atoms with Crippen molar-refractivity contribution in [2.24, 2.45) is 11.8 Å². The van der Waals surface area contributed by atoms with Crippen molar-refractivity contribution in [3.63, 3.8) is 0 Å². The number of aliphatic hydroxyl groups is 1. The Labute approximate surface area is 108 Å². The van der Waals surface area contributed by atoms with E-state index in [-0.39, 0.29) is 18.4 Å². The van der Waals surface area contributed by atoms with Crippen LogP contribution < -0.4 is 5.32 Å². The molecule has 0 aliphatic heterocycles. The largest absolute Gasteiger partial charge is 0.396 e. The molecule has 1 heterocycles. The summed E-state index contributed by atoms with van der Waals surface area (Å²) in [5, 5.41) is 12.0. The van der Waals surface area contributed by atoms with Crippen LogP contribution in [0.1, 0.15) is 35.9 Å². The summed E-state index contributed by atoms with van der Waals surface area (Å²) in [5.74, 6) is 0.757. The zero-order valence-corrected chi connectivity index (χ0v) is 11.4. The van der Waals surface area contributed by atoms with Crippen molar-refractivity contribution in [3.05, 3.63) is 23.3 Å². The van der Waals surface area contributed by atoms with Crippen LogP contribution in [0.3, 0.4) is 0 Å². The number of aryl methyl sites for hydroxylation is 2. The molecule has 2 N–H and O–H groups in total. The fraction of sp³-hybridized carbons (Fsp3) is 0.615. The van der Waals surface area contributed by atoms with Gasteiger partial charge in [0.05, 0.1) is 0 Å². The summed E-state index contributed by atoms with van der Waals surface area (Å²) in [6.07, 6.45) is 0. The number of carbonyl (C=O) groups is 1. The summed E-state index contributed by atoms with van der Waals surface area (Å²) in [5.41, 5.74) is 1.15. The third kappa shape index (κ3) is 4.07. The van der Waals surface area contributed by atoms with Crippen LogP contribution in [0.4, 0.5) is 0 Å². The maximum Gasteiger partial charge on any atom is 0.270 e. The highest BCUT2D eigenvalue weighted by Gasteiger charge is 2.15. The fourth-order valence-electron chi connectivity index (χ4n) is 1.66. The molecule has 0 spiro atoms. The van der Waals surface area contributed by atoms with Crippen LogP contribution in [-0.2, 0) is 0 Å². The van der Waals surface area contributed by atoms with Gasteiger partial charge in [-0.1, -0.05) is 13.8 Å². The second kappa shape index (κ2) is 6.44. The van der Waals surface area contributed by atoms with Crippen LogP contribution >= 0.6 is 0 Å². The second-order valence-corrected chi connectivity index (χ2v) is 4.84. The predicted octanol–water partition coefficient (Wildman–Crippen LogP) is 1.09. The molecule has 1 amide bonds.